The average molecular weight is 357 g/mol. The van der Waals surface area contributed by atoms with Crippen LogP contribution in [-0.2, 0) is 13.1 Å². The van der Waals surface area contributed by atoms with Crippen molar-refractivity contribution in [2.24, 2.45) is 5.73 Å². The van der Waals surface area contributed by atoms with E-state index in [4.69, 9.17) is 11.5 Å². The van der Waals surface area contributed by atoms with Crippen LogP contribution >= 0.6 is 0 Å². The average Bonchev–Trinajstić information content (AvgIpc) is 2.55. The first-order valence-corrected chi connectivity index (χ1v) is 7.11. The van der Waals surface area contributed by atoms with E-state index >= 15 is 0 Å². The molecule has 2 aromatic carbocycles. The zero-order valence-electron chi connectivity index (χ0n) is 12.9. The summed E-state index contributed by atoms with van der Waals surface area (Å²) in [5.41, 5.74) is 12.7. The number of hydrogen-bond acceptors (Lipinski definition) is 4. The van der Waals surface area contributed by atoms with Crippen molar-refractivity contribution in [3.8, 4) is 5.75 Å². The van der Waals surface area contributed by atoms with E-state index in [2.05, 4.69) is 10.1 Å². The Bertz CT molecular complexity index is 761. The molecule has 5 N–H and O–H groups in total. The summed E-state index contributed by atoms with van der Waals surface area (Å²) in [7, 11) is 0. The molecule has 0 bridgehead atoms. The van der Waals surface area contributed by atoms with E-state index in [9.17, 15) is 22.4 Å². The minimum absolute atomic E-state index is 0.0227. The van der Waals surface area contributed by atoms with E-state index in [1.165, 1.54) is 0 Å². The third-order valence-electron chi connectivity index (χ3n) is 3.42. The van der Waals surface area contributed by atoms with Crippen molar-refractivity contribution in [3.63, 3.8) is 0 Å². The van der Waals surface area contributed by atoms with Crippen LogP contribution in [0.15, 0.2) is 30.3 Å². The lowest BCUT2D eigenvalue weighted by atomic mass is 10.1. The second kappa shape index (κ2) is 7.84. The highest BCUT2D eigenvalue weighted by atomic mass is 19.3. The SMILES string of the molecule is NCc1c(N)cccc1CNC(=O)c1cc(F)c(OC(F)F)c(F)c1. The van der Waals surface area contributed by atoms with Crippen molar-refractivity contribution in [3.05, 3.63) is 58.7 Å². The van der Waals surface area contributed by atoms with Crippen molar-refractivity contribution in [2.45, 2.75) is 19.7 Å². The molecule has 2 rings (SSSR count). The smallest absolute Gasteiger partial charge is 0.387 e. The normalized spacial score (nSPS) is 10.8. The first-order valence-electron chi connectivity index (χ1n) is 7.11. The number of rotatable bonds is 6. The summed E-state index contributed by atoms with van der Waals surface area (Å²) in [6.45, 7) is -3.21. The molecule has 0 unspecified atom stereocenters. The molecule has 0 aliphatic rings. The van der Waals surface area contributed by atoms with Crippen LogP contribution < -0.4 is 21.5 Å². The van der Waals surface area contributed by atoms with Crippen LogP contribution in [-0.4, -0.2) is 12.5 Å². The zero-order valence-corrected chi connectivity index (χ0v) is 12.9. The molecule has 0 atom stereocenters. The summed E-state index contributed by atoms with van der Waals surface area (Å²) < 4.78 is 55.2. The highest BCUT2D eigenvalue weighted by Gasteiger charge is 2.19. The van der Waals surface area contributed by atoms with E-state index in [1.54, 1.807) is 18.2 Å². The van der Waals surface area contributed by atoms with E-state index in [-0.39, 0.29) is 18.7 Å². The van der Waals surface area contributed by atoms with Gasteiger partial charge in [0.1, 0.15) is 0 Å². The van der Waals surface area contributed by atoms with Crippen molar-refractivity contribution in [1.82, 2.24) is 5.32 Å². The van der Waals surface area contributed by atoms with Gasteiger partial charge >= 0.3 is 6.61 Å². The highest BCUT2D eigenvalue weighted by Crippen LogP contribution is 2.25. The molecule has 0 radical (unpaired) electrons. The summed E-state index contributed by atoms with van der Waals surface area (Å²) in [4.78, 5) is 12.0. The highest BCUT2D eigenvalue weighted by molar-refractivity contribution is 5.94. The van der Waals surface area contributed by atoms with Gasteiger partial charge in [0.15, 0.2) is 17.4 Å². The molecule has 0 saturated heterocycles. The summed E-state index contributed by atoms with van der Waals surface area (Å²) in [5, 5.41) is 2.46. The lowest BCUT2D eigenvalue weighted by Crippen LogP contribution is -2.24. The molecule has 0 aliphatic heterocycles. The fourth-order valence-corrected chi connectivity index (χ4v) is 2.24. The number of anilines is 1. The third kappa shape index (κ3) is 4.38. The molecule has 0 aliphatic carbocycles. The maximum Gasteiger partial charge on any atom is 0.387 e. The van der Waals surface area contributed by atoms with Crippen LogP contribution in [0, 0.1) is 11.6 Å². The first-order chi connectivity index (χ1) is 11.8. The Morgan fingerprint density at radius 2 is 1.84 bits per heavy atom. The fourth-order valence-electron chi connectivity index (χ4n) is 2.24. The number of nitrogen functional groups attached to an aromatic ring is 1. The Morgan fingerprint density at radius 1 is 1.20 bits per heavy atom. The minimum Gasteiger partial charge on any atom is -0.429 e. The van der Waals surface area contributed by atoms with Crippen LogP contribution in [0.3, 0.4) is 0 Å². The van der Waals surface area contributed by atoms with Crippen molar-refractivity contribution in [2.75, 3.05) is 5.73 Å². The molecule has 5 nitrogen and oxygen atoms in total. The number of carbonyl (C=O) groups excluding carboxylic acids is 1. The standard InChI is InChI=1S/C16H15F4N3O2/c17-11-4-9(5-12(18)14(11)25-16(19)20)15(24)23-7-8-2-1-3-13(22)10(8)6-21/h1-5,16H,6-7,21-22H2,(H,23,24). The fraction of sp³-hybridized carbons (Fsp3) is 0.188. The van der Waals surface area contributed by atoms with Gasteiger partial charge in [-0.1, -0.05) is 12.1 Å². The summed E-state index contributed by atoms with van der Waals surface area (Å²) >= 11 is 0. The van der Waals surface area contributed by atoms with Gasteiger partial charge in [0.25, 0.3) is 5.91 Å². The lowest BCUT2D eigenvalue weighted by molar-refractivity contribution is -0.0546. The van der Waals surface area contributed by atoms with Gasteiger partial charge in [-0.25, -0.2) is 8.78 Å². The van der Waals surface area contributed by atoms with E-state index in [1.807, 2.05) is 0 Å². The van der Waals surface area contributed by atoms with Crippen LogP contribution in [0.2, 0.25) is 0 Å². The number of hydrogen-bond donors (Lipinski definition) is 3. The van der Waals surface area contributed by atoms with Gasteiger partial charge < -0.3 is 21.5 Å². The van der Waals surface area contributed by atoms with Gasteiger partial charge in [-0.05, 0) is 29.3 Å². The first kappa shape index (κ1) is 18.5. The summed E-state index contributed by atoms with van der Waals surface area (Å²) in [6, 6.07) is 6.24. The Labute approximate surface area is 140 Å². The number of halogens is 4. The van der Waals surface area contributed by atoms with Crippen LogP contribution in [0.25, 0.3) is 0 Å². The maximum atomic E-state index is 13.7. The van der Waals surface area contributed by atoms with Crippen LogP contribution in [0.4, 0.5) is 23.2 Å². The van der Waals surface area contributed by atoms with E-state index < -0.39 is 29.9 Å². The molecule has 1 amide bonds. The number of nitrogens with two attached hydrogens (primary N) is 2. The predicted molar refractivity (Wildman–Crippen MR) is 82.9 cm³/mol. The Kier molecular flexibility index (Phi) is 5.81. The topological polar surface area (TPSA) is 90.4 Å². The predicted octanol–water partition coefficient (Wildman–Crippen LogP) is 2.54. The molecular weight excluding hydrogens is 342 g/mol. The zero-order chi connectivity index (χ0) is 18.6. The van der Waals surface area contributed by atoms with Gasteiger partial charge in [-0.15, -0.1) is 0 Å². The molecule has 0 aromatic heterocycles. The van der Waals surface area contributed by atoms with Crippen LogP contribution in [0.1, 0.15) is 21.5 Å². The Hall–Kier alpha value is -2.81. The molecule has 0 fully saturated rings. The molecule has 2 aromatic rings. The van der Waals surface area contributed by atoms with Gasteiger partial charge in [-0.3, -0.25) is 4.79 Å². The van der Waals surface area contributed by atoms with Gasteiger partial charge in [-0.2, -0.15) is 8.78 Å². The molecule has 0 heterocycles. The molecule has 0 spiro atoms. The maximum absolute atomic E-state index is 13.7. The molecule has 25 heavy (non-hydrogen) atoms. The van der Waals surface area contributed by atoms with Gasteiger partial charge in [0.2, 0.25) is 0 Å². The van der Waals surface area contributed by atoms with Gasteiger partial charge in [0.05, 0.1) is 0 Å². The number of ether oxygens (including phenoxy) is 1. The van der Waals surface area contributed by atoms with Crippen molar-refractivity contribution < 1.29 is 27.1 Å². The second-order valence-electron chi connectivity index (χ2n) is 5.02. The molecule has 9 heteroatoms. The van der Waals surface area contributed by atoms with Crippen molar-refractivity contribution >= 4 is 11.6 Å². The van der Waals surface area contributed by atoms with E-state index in [0.29, 0.717) is 28.9 Å². The summed E-state index contributed by atoms with van der Waals surface area (Å²) in [6.07, 6.45) is 0. The monoisotopic (exact) mass is 357 g/mol. The minimum atomic E-state index is -3.39. The lowest BCUT2D eigenvalue weighted by Gasteiger charge is -2.12. The second-order valence-corrected chi connectivity index (χ2v) is 5.02. The number of alkyl halides is 2. The largest absolute Gasteiger partial charge is 0.429 e. The molecule has 0 saturated carbocycles. The molecule has 134 valence electrons. The van der Waals surface area contributed by atoms with Crippen molar-refractivity contribution in [1.29, 1.82) is 0 Å². The van der Waals surface area contributed by atoms with Crippen LogP contribution in [0.5, 0.6) is 5.75 Å². The van der Waals surface area contributed by atoms with Gasteiger partial charge in [0, 0.05) is 24.3 Å². The number of nitrogens with one attached hydrogen (secondary N) is 1. The Morgan fingerprint density at radius 3 is 2.40 bits per heavy atom. The Balaban J connectivity index is 2.15. The number of carbonyl (C=O) groups is 1. The number of benzene rings is 2. The number of amides is 1. The quantitative estimate of drug-likeness (QED) is 0.547. The van der Waals surface area contributed by atoms with E-state index in [0.717, 1.165) is 0 Å². The molecular formula is C16H15F4N3O2. The third-order valence-corrected chi connectivity index (χ3v) is 3.42. The summed E-state index contributed by atoms with van der Waals surface area (Å²) in [5.74, 6) is -4.85.